The predicted molar refractivity (Wildman–Crippen MR) is 175 cm³/mol. The Bertz CT molecular complexity index is 1590. The Morgan fingerprint density at radius 3 is 2.35 bits per heavy atom. The van der Waals surface area contributed by atoms with Gasteiger partial charge < -0.3 is 5.11 Å². The van der Waals surface area contributed by atoms with Crippen molar-refractivity contribution >= 4 is 48.7 Å². The molecule has 6 rings (SSSR count). The summed E-state index contributed by atoms with van der Waals surface area (Å²) in [5, 5.41) is 21.5. The zero-order valence-electron chi connectivity index (χ0n) is 25.0. The van der Waals surface area contributed by atoms with E-state index in [9.17, 15) is 19.0 Å². The van der Waals surface area contributed by atoms with E-state index in [-0.39, 0.29) is 35.1 Å². The molecule has 3 aromatic rings. The first-order chi connectivity index (χ1) is 22.1. The minimum absolute atomic E-state index is 0.0802. The van der Waals surface area contributed by atoms with E-state index in [1.165, 1.54) is 41.3 Å². The van der Waals surface area contributed by atoms with Crippen molar-refractivity contribution in [3.63, 3.8) is 0 Å². The van der Waals surface area contributed by atoms with Crippen LogP contribution in [0.3, 0.4) is 0 Å². The summed E-state index contributed by atoms with van der Waals surface area (Å²) < 4.78 is 32.8. The van der Waals surface area contributed by atoms with Crippen molar-refractivity contribution in [2.45, 2.75) is 60.0 Å². The fraction of sp³-hybridized carbons (Fsp3) is 0.353. The van der Waals surface area contributed by atoms with Crippen LogP contribution < -0.4 is 4.74 Å². The molecular weight excluding hydrogens is 631 g/mol. The summed E-state index contributed by atoms with van der Waals surface area (Å²) in [6, 6.07) is 16.7. The van der Waals surface area contributed by atoms with E-state index in [0.717, 1.165) is 48.3 Å². The number of hydrogen-bond donors (Lipinski definition) is 2. The first-order valence-electron chi connectivity index (χ1n) is 14.6. The predicted octanol–water partition coefficient (Wildman–Crippen LogP) is 5.23. The molecular formula is C34H33BF2NO6S2. The Labute approximate surface area is 276 Å². The number of benzene rings is 3. The van der Waals surface area contributed by atoms with Gasteiger partial charge >= 0.3 is 222 Å². The number of likely N-dealkylation sites (tertiary alicyclic amines) is 1. The number of nitrogens with zero attached hydrogens (tertiary/aromatic N) is 1. The third-order valence-corrected chi connectivity index (χ3v) is 11.1. The number of thioether (sulfide) groups is 2. The standard InChI is InChI=1S/C31H31BF2NO3S2.C2H2O.CO2/c32-29(30(37)12-15-39-16-13-30)35-14-11-31(40-25-7-4-22(33)5-8-25)26-9-6-24(17-20(26)2-10-28(31)35)38-19-21-1-3-23(34)18-27(21)36;1-2-3;2-1-3/h1,3-9,17-18,28,36-37H,2,10-16,19H2;1H2;. The zero-order chi connectivity index (χ0) is 33.3. The van der Waals surface area contributed by atoms with Gasteiger partial charge in [0.1, 0.15) is 11.8 Å². The fourth-order valence-electron chi connectivity index (χ4n) is 6.36. The van der Waals surface area contributed by atoms with Gasteiger partial charge in [0.2, 0.25) is 0 Å². The van der Waals surface area contributed by atoms with Crippen LogP contribution in [-0.4, -0.2) is 70.0 Å². The molecule has 239 valence electrons. The van der Waals surface area contributed by atoms with Gasteiger partial charge in [-0.25, -0.2) is 9.18 Å². The summed E-state index contributed by atoms with van der Waals surface area (Å²) in [5.41, 5.74) is 2.50. The zero-order valence-corrected chi connectivity index (χ0v) is 26.7. The second-order valence-corrected chi connectivity index (χ2v) is 13.7. The van der Waals surface area contributed by atoms with Crippen molar-refractivity contribution < 1.29 is 38.1 Å². The van der Waals surface area contributed by atoms with Crippen LogP contribution in [0, 0.1) is 11.6 Å². The van der Waals surface area contributed by atoms with Crippen molar-refractivity contribution in [2.24, 2.45) is 0 Å². The van der Waals surface area contributed by atoms with E-state index >= 15 is 0 Å². The van der Waals surface area contributed by atoms with Gasteiger partial charge in [0.05, 0.1) is 0 Å². The van der Waals surface area contributed by atoms with Gasteiger partial charge in [-0.3, -0.25) is 0 Å². The van der Waals surface area contributed by atoms with Crippen LogP contribution in [0.1, 0.15) is 42.4 Å². The quantitative estimate of drug-likeness (QED) is 0.260. The molecule has 0 aromatic heterocycles. The maximum absolute atomic E-state index is 13.8. The topological polar surface area (TPSA) is 104 Å². The number of hydrogen-bond acceptors (Lipinski definition) is 9. The number of phenols is 1. The monoisotopic (exact) mass is 664 g/mol. The van der Waals surface area contributed by atoms with Crippen LogP contribution in [0.15, 0.2) is 72.1 Å². The number of fused-ring (bicyclic) bond motifs is 3. The molecule has 2 fully saturated rings. The summed E-state index contributed by atoms with van der Waals surface area (Å²) in [6.07, 6.45) is 4.08. The SMILES string of the molecule is C=C=O.O=C=O.[B]=C(N1CCC2(Sc3ccc(F)cc3)c3ccc(OCc4ccc(F)cc4O)cc3CCC12)C1(O)CCSCC1. The van der Waals surface area contributed by atoms with E-state index < -0.39 is 11.4 Å². The van der Waals surface area contributed by atoms with Crippen molar-refractivity contribution in [2.75, 3.05) is 18.1 Å². The molecule has 2 heterocycles. The first kappa shape index (κ1) is 35.2. The molecule has 12 heteroatoms. The van der Waals surface area contributed by atoms with Gasteiger partial charge in [-0.2, -0.15) is 9.59 Å². The molecule has 7 nitrogen and oxygen atoms in total. The van der Waals surface area contributed by atoms with Gasteiger partial charge in [-0.1, -0.05) is 0 Å². The number of aryl methyl sites for hydroxylation is 1. The van der Waals surface area contributed by atoms with Gasteiger partial charge in [-0.05, 0) is 12.6 Å². The molecule has 1 aliphatic carbocycles. The summed E-state index contributed by atoms with van der Waals surface area (Å²) in [7, 11) is 6.79. The summed E-state index contributed by atoms with van der Waals surface area (Å²) in [4.78, 5) is 28.1. The Kier molecular flexibility index (Phi) is 12.1. The van der Waals surface area contributed by atoms with Crippen LogP contribution in [0.25, 0.3) is 0 Å². The molecule has 0 saturated carbocycles. The normalized spacial score (nSPS) is 20.7. The number of carbonyl (C=O) groups excluding carboxylic acids is 3. The van der Waals surface area contributed by atoms with Gasteiger partial charge in [-0.15, -0.1) is 0 Å². The second kappa shape index (κ2) is 15.8. The van der Waals surface area contributed by atoms with Crippen LogP contribution in [-0.2, 0) is 32.2 Å². The Balaban J connectivity index is 0.000000744. The van der Waals surface area contributed by atoms with Crippen LogP contribution in [0.5, 0.6) is 11.5 Å². The van der Waals surface area contributed by atoms with Crippen molar-refractivity contribution in [1.82, 2.24) is 4.90 Å². The summed E-state index contributed by atoms with van der Waals surface area (Å²) in [6.45, 7) is 3.54. The molecule has 2 saturated heterocycles. The minimum atomic E-state index is -0.980. The number of rotatable bonds is 7. The molecule has 2 aliphatic heterocycles. The molecule has 2 N–H and O–H groups in total. The molecule has 1 radical (unpaired) electrons. The van der Waals surface area contributed by atoms with Crippen LogP contribution >= 0.6 is 23.5 Å². The van der Waals surface area contributed by atoms with E-state index in [2.05, 4.69) is 23.6 Å². The third-order valence-electron chi connectivity index (χ3n) is 8.52. The second-order valence-electron chi connectivity index (χ2n) is 11.1. The summed E-state index contributed by atoms with van der Waals surface area (Å²) >= 11 is 3.60. The molecule has 2 unspecified atom stereocenters. The van der Waals surface area contributed by atoms with E-state index in [1.807, 2.05) is 30.0 Å². The van der Waals surface area contributed by atoms with E-state index in [4.69, 9.17) is 26.6 Å². The third kappa shape index (κ3) is 7.82. The Morgan fingerprint density at radius 1 is 1.04 bits per heavy atom. The van der Waals surface area contributed by atoms with Crippen molar-refractivity contribution in [3.05, 3.63) is 95.6 Å². The number of ether oxygens (including phenoxy) is 1. The molecule has 46 heavy (non-hydrogen) atoms. The number of aliphatic hydroxyl groups is 1. The van der Waals surface area contributed by atoms with Crippen molar-refractivity contribution in [3.8, 4) is 11.5 Å². The molecule has 0 spiro atoms. The number of phenolic OH excluding ortho intramolecular Hbond substituents is 1. The average Bonchev–Trinajstić information content (AvgIpc) is 3.41. The Hall–Kier alpha value is -3.66. The van der Waals surface area contributed by atoms with Gasteiger partial charge in [0, 0.05) is 6.07 Å². The van der Waals surface area contributed by atoms with Gasteiger partial charge in [0.25, 0.3) is 0 Å². The van der Waals surface area contributed by atoms with E-state index in [1.54, 1.807) is 11.8 Å². The maximum atomic E-state index is 13.8. The van der Waals surface area contributed by atoms with Crippen LogP contribution in [0.2, 0.25) is 0 Å². The molecule has 3 aromatic carbocycles. The summed E-state index contributed by atoms with van der Waals surface area (Å²) in [5.74, 6) is 2.83. The van der Waals surface area contributed by atoms with Crippen LogP contribution in [0.4, 0.5) is 8.78 Å². The average molecular weight is 665 g/mol. The molecule has 2 atom stereocenters. The first-order valence-corrected chi connectivity index (χ1v) is 16.6. The van der Waals surface area contributed by atoms with Gasteiger partial charge in [0.15, 0.2) is 0 Å². The molecule has 0 amide bonds. The van der Waals surface area contributed by atoms with Crippen molar-refractivity contribution in [1.29, 1.82) is 0 Å². The number of halogens is 2. The number of aromatic hydroxyl groups is 1. The van der Waals surface area contributed by atoms with E-state index in [0.29, 0.717) is 29.7 Å². The molecule has 3 aliphatic rings. The Morgan fingerprint density at radius 2 is 1.70 bits per heavy atom. The molecule has 0 bridgehead atoms. The fourth-order valence-corrected chi connectivity index (χ4v) is 9.11.